The Labute approximate surface area is 138 Å². The number of rotatable bonds is 5. The van der Waals surface area contributed by atoms with Crippen LogP contribution >= 0.6 is 23.2 Å². The first kappa shape index (κ1) is 17.0. The Morgan fingerprint density at radius 3 is 1.86 bits per heavy atom. The largest absolute Gasteiger partial charge is 0.358 e. The number of hydrogen-bond donors (Lipinski definition) is 0. The van der Waals surface area contributed by atoms with E-state index in [1.807, 2.05) is 0 Å². The monoisotopic (exact) mass is 358 g/mol. The topological polar surface area (TPSA) is 60.4 Å². The first-order valence-corrected chi connectivity index (χ1v) is 8.48. The van der Waals surface area contributed by atoms with Crippen molar-refractivity contribution in [2.24, 2.45) is 0 Å². The van der Waals surface area contributed by atoms with E-state index in [1.54, 1.807) is 0 Å². The van der Waals surface area contributed by atoms with Crippen molar-refractivity contribution in [3.63, 3.8) is 0 Å². The molecule has 116 valence electrons. The molecule has 0 spiro atoms. The maximum atomic E-state index is 12.5. The molecule has 0 aliphatic heterocycles. The molecule has 0 fully saturated rings. The molecule has 0 aliphatic rings. The molecule has 0 amide bonds. The minimum atomic E-state index is -3.99. The van der Waals surface area contributed by atoms with Crippen molar-refractivity contribution >= 4 is 38.8 Å². The van der Waals surface area contributed by atoms with Gasteiger partial charge in [0.05, 0.1) is 4.90 Å². The standard InChI is InChI=1S/C15H12Cl2O4S/c1-21-15(14(18)10-2-4-11(16)5-3-10)22(19,20)13-8-6-12(17)7-9-13/h2-9,15H,1H3. The Balaban J connectivity index is 2.40. The molecule has 4 nitrogen and oxygen atoms in total. The summed E-state index contributed by atoms with van der Waals surface area (Å²) in [5, 5.41) is 0.850. The highest BCUT2D eigenvalue weighted by molar-refractivity contribution is 7.92. The van der Waals surface area contributed by atoms with Crippen LogP contribution in [-0.2, 0) is 14.6 Å². The van der Waals surface area contributed by atoms with Crippen LogP contribution in [-0.4, -0.2) is 26.7 Å². The third-order valence-electron chi connectivity index (χ3n) is 2.98. The Morgan fingerprint density at radius 1 is 0.955 bits per heavy atom. The Bertz CT molecular complexity index is 768. The molecule has 22 heavy (non-hydrogen) atoms. The summed E-state index contributed by atoms with van der Waals surface area (Å²) in [5.41, 5.74) is -1.43. The highest BCUT2D eigenvalue weighted by Gasteiger charge is 2.34. The molecule has 0 saturated heterocycles. The predicted molar refractivity (Wildman–Crippen MR) is 85.2 cm³/mol. The van der Waals surface area contributed by atoms with Crippen LogP contribution in [0.15, 0.2) is 53.4 Å². The normalized spacial score (nSPS) is 12.9. The van der Waals surface area contributed by atoms with Crippen molar-refractivity contribution in [1.82, 2.24) is 0 Å². The lowest BCUT2D eigenvalue weighted by Gasteiger charge is -2.15. The van der Waals surface area contributed by atoms with Crippen LogP contribution in [0.3, 0.4) is 0 Å². The molecule has 0 N–H and O–H groups in total. The summed E-state index contributed by atoms with van der Waals surface area (Å²) in [6.07, 6.45) is 0. The minimum absolute atomic E-state index is 0.0361. The number of halogens is 2. The summed E-state index contributed by atoms with van der Waals surface area (Å²) in [7, 11) is -2.82. The number of carbonyl (C=O) groups excluding carboxylic acids is 1. The smallest absolute Gasteiger partial charge is 0.225 e. The van der Waals surface area contributed by atoms with Gasteiger partial charge in [-0.15, -0.1) is 0 Å². The number of benzene rings is 2. The summed E-state index contributed by atoms with van der Waals surface area (Å²) in [6.45, 7) is 0. The molecular formula is C15H12Cl2O4S. The summed E-state index contributed by atoms with van der Waals surface area (Å²) >= 11 is 11.5. The van der Waals surface area contributed by atoms with Crippen molar-refractivity contribution in [3.05, 3.63) is 64.1 Å². The maximum absolute atomic E-state index is 12.5. The van der Waals surface area contributed by atoms with Crippen LogP contribution in [0.25, 0.3) is 0 Å². The summed E-state index contributed by atoms with van der Waals surface area (Å²) < 4.78 is 30.0. The lowest BCUT2D eigenvalue weighted by Crippen LogP contribution is -2.32. The van der Waals surface area contributed by atoms with Crippen molar-refractivity contribution in [1.29, 1.82) is 0 Å². The van der Waals surface area contributed by atoms with Gasteiger partial charge in [0, 0.05) is 22.7 Å². The highest BCUT2D eigenvalue weighted by Crippen LogP contribution is 2.22. The summed E-state index contributed by atoms with van der Waals surface area (Å²) in [6, 6.07) is 11.5. The van der Waals surface area contributed by atoms with E-state index < -0.39 is 21.1 Å². The molecule has 2 aromatic carbocycles. The Morgan fingerprint density at radius 2 is 1.41 bits per heavy atom. The van der Waals surface area contributed by atoms with Crippen molar-refractivity contribution < 1.29 is 17.9 Å². The average molecular weight is 359 g/mol. The van der Waals surface area contributed by atoms with Crippen LogP contribution < -0.4 is 0 Å². The van der Waals surface area contributed by atoms with Gasteiger partial charge in [-0.25, -0.2) is 8.42 Å². The van der Waals surface area contributed by atoms with Crippen LogP contribution in [0.4, 0.5) is 0 Å². The molecule has 7 heteroatoms. The first-order chi connectivity index (χ1) is 10.4. The lowest BCUT2D eigenvalue weighted by molar-refractivity contribution is 0.0778. The minimum Gasteiger partial charge on any atom is -0.358 e. The van der Waals surface area contributed by atoms with Gasteiger partial charge in [0.2, 0.25) is 21.1 Å². The second kappa shape index (κ2) is 6.79. The van der Waals surface area contributed by atoms with E-state index in [2.05, 4.69) is 0 Å². The van der Waals surface area contributed by atoms with Gasteiger partial charge in [-0.1, -0.05) is 23.2 Å². The molecule has 0 bridgehead atoms. The number of methoxy groups -OCH3 is 1. The van der Waals surface area contributed by atoms with Gasteiger partial charge >= 0.3 is 0 Å². The van der Waals surface area contributed by atoms with E-state index >= 15 is 0 Å². The van der Waals surface area contributed by atoms with E-state index in [-0.39, 0.29) is 10.5 Å². The van der Waals surface area contributed by atoms with Crippen LogP contribution in [0, 0.1) is 0 Å². The summed E-state index contributed by atoms with van der Waals surface area (Å²) in [4.78, 5) is 12.4. The fraction of sp³-hybridized carbons (Fsp3) is 0.133. The fourth-order valence-electron chi connectivity index (χ4n) is 1.87. The molecule has 0 aromatic heterocycles. The zero-order valence-electron chi connectivity index (χ0n) is 11.5. The van der Waals surface area contributed by atoms with Gasteiger partial charge in [-0.2, -0.15) is 0 Å². The number of carbonyl (C=O) groups is 1. The molecule has 2 aromatic rings. The van der Waals surface area contributed by atoms with Gasteiger partial charge < -0.3 is 4.74 Å². The second-order valence-corrected chi connectivity index (χ2v) is 7.30. The quantitative estimate of drug-likeness (QED) is 0.765. The van der Waals surface area contributed by atoms with Crippen molar-refractivity contribution in [2.75, 3.05) is 7.11 Å². The van der Waals surface area contributed by atoms with E-state index in [4.69, 9.17) is 27.9 Å². The van der Waals surface area contributed by atoms with Gasteiger partial charge in [0.15, 0.2) is 0 Å². The fourth-order valence-corrected chi connectivity index (χ4v) is 3.56. The second-order valence-electron chi connectivity index (χ2n) is 4.44. The number of ether oxygens (including phenoxy) is 1. The van der Waals surface area contributed by atoms with Crippen LogP contribution in [0.5, 0.6) is 0 Å². The van der Waals surface area contributed by atoms with Crippen LogP contribution in [0.2, 0.25) is 10.0 Å². The molecule has 1 unspecified atom stereocenters. The maximum Gasteiger partial charge on any atom is 0.225 e. The zero-order chi connectivity index (χ0) is 16.3. The van der Waals surface area contributed by atoms with Crippen molar-refractivity contribution in [3.8, 4) is 0 Å². The third-order valence-corrected chi connectivity index (χ3v) is 5.38. The predicted octanol–water partition coefficient (Wildman–Crippen LogP) is 3.62. The lowest BCUT2D eigenvalue weighted by atomic mass is 10.1. The number of Topliss-reactive ketones (excluding diaryl/α,β-unsaturated/α-hetero) is 1. The molecule has 0 heterocycles. The van der Waals surface area contributed by atoms with Gasteiger partial charge in [0.1, 0.15) is 0 Å². The Hall–Kier alpha value is -1.40. The molecule has 0 saturated carbocycles. The molecule has 2 rings (SSSR count). The number of sulfone groups is 1. The van der Waals surface area contributed by atoms with Gasteiger partial charge in [0.25, 0.3) is 0 Å². The highest BCUT2D eigenvalue weighted by atomic mass is 35.5. The molecule has 1 atom stereocenters. The van der Waals surface area contributed by atoms with E-state index in [0.29, 0.717) is 10.0 Å². The molecule has 0 aliphatic carbocycles. The third kappa shape index (κ3) is 3.50. The van der Waals surface area contributed by atoms with E-state index in [9.17, 15) is 13.2 Å². The molecule has 0 radical (unpaired) electrons. The van der Waals surface area contributed by atoms with E-state index in [0.717, 1.165) is 0 Å². The zero-order valence-corrected chi connectivity index (χ0v) is 13.8. The number of ketones is 1. The molecular weight excluding hydrogens is 347 g/mol. The van der Waals surface area contributed by atoms with Gasteiger partial charge in [-0.05, 0) is 48.5 Å². The average Bonchev–Trinajstić information content (AvgIpc) is 2.48. The van der Waals surface area contributed by atoms with Crippen molar-refractivity contribution in [2.45, 2.75) is 10.3 Å². The Kier molecular flexibility index (Phi) is 5.24. The number of hydrogen-bond acceptors (Lipinski definition) is 4. The van der Waals surface area contributed by atoms with Crippen LogP contribution in [0.1, 0.15) is 10.4 Å². The summed E-state index contributed by atoms with van der Waals surface area (Å²) in [5.74, 6) is -0.658. The first-order valence-electron chi connectivity index (χ1n) is 6.18. The van der Waals surface area contributed by atoms with Gasteiger partial charge in [-0.3, -0.25) is 4.79 Å². The van der Waals surface area contributed by atoms with E-state index in [1.165, 1.54) is 55.6 Å². The SMILES string of the molecule is COC(C(=O)c1ccc(Cl)cc1)S(=O)(=O)c1ccc(Cl)cc1.